The second kappa shape index (κ2) is 7.28. The quantitative estimate of drug-likeness (QED) is 0.797. The molecule has 1 saturated heterocycles. The van der Waals surface area contributed by atoms with Crippen molar-refractivity contribution in [1.29, 1.82) is 0 Å². The van der Waals surface area contributed by atoms with Crippen LogP contribution < -0.4 is 0 Å². The number of aryl methyl sites for hydroxylation is 2. The third kappa shape index (κ3) is 3.57. The summed E-state index contributed by atoms with van der Waals surface area (Å²) in [4.78, 5) is 2.57. The molecule has 0 radical (unpaired) electrons. The minimum absolute atomic E-state index is 0.565. The maximum absolute atomic E-state index is 10.7. The van der Waals surface area contributed by atoms with E-state index in [1.165, 1.54) is 53.8 Å². The van der Waals surface area contributed by atoms with Gasteiger partial charge in [-0.05, 0) is 92.4 Å². The van der Waals surface area contributed by atoms with E-state index in [4.69, 9.17) is 0 Å². The minimum atomic E-state index is 0.565. The molecular weight excluding hydrogens is 318 g/mol. The van der Waals surface area contributed by atoms with E-state index in [1.54, 1.807) is 0 Å². The summed E-state index contributed by atoms with van der Waals surface area (Å²) in [5.41, 5.74) is 7.64. The van der Waals surface area contributed by atoms with E-state index in [1.807, 2.05) is 0 Å². The number of allylic oxidation sites excluding steroid dienone is 1. The molecule has 26 heavy (non-hydrogen) atoms. The van der Waals surface area contributed by atoms with Gasteiger partial charge < -0.3 is 5.11 Å². The van der Waals surface area contributed by atoms with Crippen LogP contribution in [0.5, 0.6) is 0 Å². The number of hydrogen-bond acceptors (Lipinski definition) is 2. The Labute approximate surface area is 157 Å². The van der Waals surface area contributed by atoms with Crippen LogP contribution >= 0.6 is 0 Å². The van der Waals surface area contributed by atoms with Crippen LogP contribution in [0, 0.1) is 19.8 Å². The summed E-state index contributed by atoms with van der Waals surface area (Å²) < 4.78 is 0. The molecule has 1 N–H and O–H groups in total. The number of benzene rings is 2. The predicted octanol–water partition coefficient (Wildman–Crippen LogP) is 5.43. The number of hydrogen-bond donors (Lipinski definition) is 1. The van der Waals surface area contributed by atoms with Gasteiger partial charge in [-0.1, -0.05) is 36.4 Å². The summed E-state index contributed by atoms with van der Waals surface area (Å²) in [6.45, 7) is 7.68. The van der Waals surface area contributed by atoms with Crippen LogP contribution in [-0.2, 0) is 13.0 Å². The molecule has 136 valence electrons. The standard InChI is InChI=1S/C24H29NO/c1-17-12-21-15-22(24(26)23(21)13-18(17)2)14-19-8-10-25(11-9-19)16-20-6-4-3-5-7-20/h3-7,12-13,19,26H,8-11,14-16H2,1-2H3. The fraction of sp³-hybridized carbons (Fsp3) is 0.417. The molecule has 2 heteroatoms. The van der Waals surface area contributed by atoms with Crippen LogP contribution in [0.3, 0.4) is 0 Å². The largest absolute Gasteiger partial charge is 0.507 e. The molecule has 2 aliphatic rings. The molecule has 2 nitrogen and oxygen atoms in total. The highest BCUT2D eigenvalue weighted by Gasteiger charge is 2.26. The van der Waals surface area contributed by atoms with Crippen molar-refractivity contribution in [3.63, 3.8) is 0 Å². The van der Waals surface area contributed by atoms with Gasteiger partial charge >= 0.3 is 0 Å². The highest BCUT2D eigenvalue weighted by Crippen LogP contribution is 2.37. The molecule has 0 amide bonds. The Morgan fingerprint density at radius 1 is 1.00 bits per heavy atom. The maximum atomic E-state index is 10.7. The molecule has 0 saturated carbocycles. The van der Waals surface area contributed by atoms with E-state index < -0.39 is 0 Å². The lowest BCUT2D eigenvalue weighted by Crippen LogP contribution is -2.33. The molecule has 2 aromatic rings. The van der Waals surface area contributed by atoms with E-state index >= 15 is 0 Å². The highest BCUT2D eigenvalue weighted by atomic mass is 16.3. The van der Waals surface area contributed by atoms with E-state index in [9.17, 15) is 5.11 Å². The first-order chi connectivity index (χ1) is 12.6. The van der Waals surface area contributed by atoms with Crippen molar-refractivity contribution in [2.45, 2.75) is 46.1 Å². The maximum Gasteiger partial charge on any atom is 0.122 e. The zero-order valence-corrected chi connectivity index (χ0v) is 16.0. The van der Waals surface area contributed by atoms with Crippen molar-refractivity contribution in [2.75, 3.05) is 13.1 Å². The molecule has 1 aliphatic heterocycles. The summed E-state index contributed by atoms with van der Waals surface area (Å²) in [7, 11) is 0. The van der Waals surface area contributed by atoms with Crippen LogP contribution in [0.15, 0.2) is 48.0 Å². The van der Waals surface area contributed by atoms with Crippen LogP contribution in [0.4, 0.5) is 0 Å². The predicted molar refractivity (Wildman–Crippen MR) is 108 cm³/mol. The first-order valence-corrected chi connectivity index (χ1v) is 9.88. The summed E-state index contributed by atoms with van der Waals surface area (Å²) in [6, 6.07) is 15.2. The van der Waals surface area contributed by atoms with Gasteiger partial charge in [0.25, 0.3) is 0 Å². The fourth-order valence-electron chi connectivity index (χ4n) is 4.45. The Balaban J connectivity index is 1.35. The normalized spacial score (nSPS) is 18.4. The Morgan fingerprint density at radius 2 is 1.69 bits per heavy atom. The van der Waals surface area contributed by atoms with Gasteiger partial charge in [-0.2, -0.15) is 0 Å². The fourth-order valence-corrected chi connectivity index (χ4v) is 4.45. The van der Waals surface area contributed by atoms with Crippen molar-refractivity contribution in [3.8, 4) is 0 Å². The van der Waals surface area contributed by atoms with Gasteiger partial charge in [-0.25, -0.2) is 0 Å². The first kappa shape index (κ1) is 17.4. The first-order valence-electron chi connectivity index (χ1n) is 9.88. The van der Waals surface area contributed by atoms with Crippen molar-refractivity contribution in [1.82, 2.24) is 4.90 Å². The monoisotopic (exact) mass is 347 g/mol. The van der Waals surface area contributed by atoms with Gasteiger partial charge in [0.2, 0.25) is 0 Å². The Hall–Kier alpha value is -2.06. The van der Waals surface area contributed by atoms with Gasteiger partial charge in [0.1, 0.15) is 5.76 Å². The third-order valence-corrected chi connectivity index (χ3v) is 6.20. The molecule has 0 bridgehead atoms. The van der Waals surface area contributed by atoms with Crippen LogP contribution in [0.2, 0.25) is 0 Å². The average Bonchev–Trinajstić information content (AvgIpc) is 2.93. The Bertz CT molecular complexity index is 814. The van der Waals surface area contributed by atoms with Gasteiger partial charge in [-0.3, -0.25) is 4.90 Å². The minimum Gasteiger partial charge on any atom is -0.507 e. The third-order valence-electron chi connectivity index (χ3n) is 6.20. The topological polar surface area (TPSA) is 23.5 Å². The summed E-state index contributed by atoms with van der Waals surface area (Å²) in [5, 5.41) is 10.7. The molecule has 0 aromatic heterocycles. The molecule has 1 heterocycles. The molecule has 1 fully saturated rings. The van der Waals surface area contributed by atoms with Crippen molar-refractivity contribution >= 4 is 5.76 Å². The summed E-state index contributed by atoms with van der Waals surface area (Å²) in [6.07, 6.45) is 4.46. The molecule has 0 unspecified atom stereocenters. The van der Waals surface area contributed by atoms with Crippen molar-refractivity contribution < 1.29 is 5.11 Å². The van der Waals surface area contributed by atoms with E-state index in [0.717, 1.165) is 24.9 Å². The summed E-state index contributed by atoms with van der Waals surface area (Å²) >= 11 is 0. The zero-order valence-electron chi connectivity index (χ0n) is 16.0. The molecular formula is C24H29NO. The van der Waals surface area contributed by atoms with E-state index in [-0.39, 0.29) is 0 Å². The van der Waals surface area contributed by atoms with Crippen LogP contribution in [0.1, 0.15) is 47.1 Å². The number of likely N-dealkylation sites (tertiary alicyclic amines) is 1. The van der Waals surface area contributed by atoms with Gasteiger partial charge in [-0.15, -0.1) is 0 Å². The molecule has 0 spiro atoms. The molecule has 2 aromatic carbocycles. The van der Waals surface area contributed by atoms with Crippen LogP contribution in [-0.4, -0.2) is 23.1 Å². The number of nitrogens with zero attached hydrogens (tertiary/aromatic N) is 1. The lowest BCUT2D eigenvalue weighted by Gasteiger charge is -2.32. The lowest BCUT2D eigenvalue weighted by atomic mass is 9.89. The smallest absolute Gasteiger partial charge is 0.122 e. The number of piperidine rings is 1. The van der Waals surface area contributed by atoms with E-state index in [0.29, 0.717) is 11.7 Å². The number of fused-ring (bicyclic) bond motifs is 1. The van der Waals surface area contributed by atoms with Gasteiger partial charge in [0.15, 0.2) is 0 Å². The van der Waals surface area contributed by atoms with Crippen LogP contribution in [0.25, 0.3) is 5.76 Å². The highest BCUT2D eigenvalue weighted by molar-refractivity contribution is 5.72. The van der Waals surface area contributed by atoms with Crippen molar-refractivity contribution in [3.05, 3.63) is 75.9 Å². The number of rotatable bonds is 4. The molecule has 0 atom stereocenters. The lowest BCUT2D eigenvalue weighted by molar-refractivity contribution is 0.176. The van der Waals surface area contributed by atoms with Crippen molar-refractivity contribution in [2.24, 2.45) is 5.92 Å². The Morgan fingerprint density at radius 3 is 2.42 bits per heavy atom. The average molecular weight is 348 g/mol. The van der Waals surface area contributed by atoms with E-state index in [2.05, 4.69) is 61.2 Å². The van der Waals surface area contributed by atoms with Gasteiger partial charge in [0.05, 0.1) is 0 Å². The second-order valence-electron chi connectivity index (χ2n) is 8.13. The number of aliphatic hydroxyl groups excluding tert-OH is 1. The summed E-state index contributed by atoms with van der Waals surface area (Å²) in [5.74, 6) is 1.27. The Kier molecular flexibility index (Phi) is 4.86. The molecule has 4 rings (SSSR count). The number of aliphatic hydroxyl groups is 1. The second-order valence-corrected chi connectivity index (χ2v) is 8.13. The molecule has 1 aliphatic carbocycles. The zero-order chi connectivity index (χ0) is 18.1. The SMILES string of the molecule is Cc1cc2c(cc1C)C(O)=C(CC1CCN(Cc3ccccc3)CC1)C2. The van der Waals surface area contributed by atoms with Gasteiger partial charge in [0, 0.05) is 12.1 Å².